The Morgan fingerprint density at radius 3 is 1.40 bits per heavy atom. The van der Waals surface area contributed by atoms with Crippen LogP contribution in [0.4, 0.5) is 53.4 Å². The van der Waals surface area contributed by atoms with Crippen molar-refractivity contribution in [2.45, 2.75) is 127 Å². The van der Waals surface area contributed by atoms with Crippen molar-refractivity contribution in [1.29, 1.82) is 0 Å². The number of hydrogen-bond acceptors (Lipinski definition) is 24. The SMILES string of the molecule is C.C[C@H]1O[C@H](COC(=O)c2ccccc2)C(O[C](=O)[BiH][c]2ccccc2)C1(F)F.C[Si](C)(C)Nc1ccnc(O[Si](C)(C)C)n1.N.Nc1ccn([C@@H]2O[C@H](CO)C(O)C2(F)F)c(=O)n1.Nc1ccn([C@@H]2O[C@H](COC(=O)c3ccccc3)C(O[C](=O)[BiH][c]3ccccc3)C2(F)F)c(=O)n1. The molecule has 3 aliphatic heterocycles. The van der Waals surface area contributed by atoms with Gasteiger partial charge in [0.1, 0.15) is 26.0 Å². The molecule has 0 bridgehead atoms. The minimum absolute atomic E-state index is 0. The summed E-state index contributed by atoms with van der Waals surface area (Å²) in [5.41, 5.74) is 9.10. The van der Waals surface area contributed by atoms with Gasteiger partial charge in [0.25, 0.3) is 0 Å². The fraction of sp³-hybridized carbons (Fsp3) is 0.365. The van der Waals surface area contributed by atoms with Crippen LogP contribution in [0.3, 0.4) is 0 Å². The van der Waals surface area contributed by atoms with Gasteiger partial charge < -0.3 is 36.2 Å². The molecule has 99 heavy (non-hydrogen) atoms. The van der Waals surface area contributed by atoms with Gasteiger partial charge in [0, 0.05) is 12.4 Å². The van der Waals surface area contributed by atoms with Gasteiger partial charge in [-0.1, -0.05) is 27.1 Å². The molecule has 3 aliphatic rings. The number of hydrogen-bond donors (Lipinski definition) is 6. The molecular weight excluding hydrogens is 1740 g/mol. The first kappa shape index (κ1) is 82.0. The predicted octanol–water partition coefficient (Wildman–Crippen LogP) is 6.46. The summed E-state index contributed by atoms with van der Waals surface area (Å²) < 4.78 is 131. The second-order valence-corrected chi connectivity index (χ2v) is 42.3. The monoisotopic (exact) mass is 1820 g/mol. The van der Waals surface area contributed by atoms with Gasteiger partial charge in [-0.05, 0) is 31.8 Å². The molecule has 0 radical (unpaired) electrons. The molecular formula is C63H78Bi2F6N10O16Si2. The van der Waals surface area contributed by atoms with Crippen molar-refractivity contribution in [3.05, 3.63) is 190 Å². The molecule has 0 spiro atoms. The Bertz CT molecular complexity index is 3870. The van der Waals surface area contributed by atoms with Crippen molar-refractivity contribution in [1.82, 2.24) is 35.2 Å². The standard InChI is InChI=1S/C17H14F2N3O6.C14H13F2O5.C10H21N3OSi2.C9H11F2N3O4.2C6H5.CH4.2Bi.H3N.2H/c18-17(19)13(27-9-23)11(8-26-14(24)10-4-2-1-3-5-10)28-15(17)22-7-6-12(20)21-16(22)25;1-9-14(15,16)12(20-8-17)11(21-9)7-19-13(18)10-5-3-2-4-6-10;1-15(2,3)13-9-7-8-11-10(12-9)14-16(4,5)6;10-9(11)6(16)4(3-15)18-7(9)14-2-1-5(12)13-8(14)17;2*1-2-4-6-5-3-1;;;;;;/h1-7,11,13,15H,8H2,(H2,20,21,25);2-6,9,11-12H,7H2,1H3;7-8H,1-6H3,(H,11,12,13);1-2,4,6-7,15-16H,3H2,(H2,12,13,17);2*1-5H;1H4;;;1H3;;/t11-,13?,15-;9-,11-,12?;;4-,6?,7-;;;;;;;;/m11.1......../s1. The first-order chi connectivity index (χ1) is 45.7. The number of halogens is 6. The molecule has 0 saturated carbocycles. The van der Waals surface area contributed by atoms with Crippen molar-refractivity contribution >= 4 is 106 Å². The van der Waals surface area contributed by atoms with Crippen LogP contribution < -0.4 is 44.9 Å². The molecule has 0 amide bonds. The Hall–Kier alpha value is -7.66. The quantitative estimate of drug-likeness (QED) is 0.0219. The first-order valence-corrected chi connectivity index (χ1v) is 44.2. The normalized spacial score (nSPS) is 21.5. The van der Waals surface area contributed by atoms with E-state index >= 15 is 8.78 Å². The van der Waals surface area contributed by atoms with E-state index in [0.717, 1.165) is 36.9 Å². The number of ether oxygens (including phenoxy) is 7. The average molecular weight is 1820 g/mol. The number of aliphatic hydroxyl groups excluding tert-OH is 2. The molecule has 3 saturated heterocycles. The van der Waals surface area contributed by atoms with Crippen LogP contribution in [0.2, 0.25) is 39.3 Å². The summed E-state index contributed by atoms with van der Waals surface area (Å²) in [6, 6.07) is 38.5. The molecule has 26 nitrogen and oxygen atoms in total. The number of aromatic nitrogens is 6. The summed E-state index contributed by atoms with van der Waals surface area (Å²) in [5.74, 6) is -11.7. The van der Waals surface area contributed by atoms with Gasteiger partial charge in [-0.25, -0.2) is 9.78 Å². The van der Waals surface area contributed by atoms with Crippen molar-refractivity contribution in [3.8, 4) is 6.01 Å². The molecule has 7 aromatic rings. The van der Waals surface area contributed by atoms with E-state index < -0.39 is 186 Å². The number of benzene rings is 4. The number of esters is 2. The molecule has 9 atom stereocenters. The number of alkyl halides is 6. The second-order valence-electron chi connectivity index (χ2n) is 23.5. The van der Waals surface area contributed by atoms with E-state index in [1.165, 1.54) is 19.1 Å². The second kappa shape index (κ2) is 36.1. The Kier molecular flexibility index (Phi) is 29.9. The van der Waals surface area contributed by atoms with Crippen LogP contribution in [0.5, 0.6) is 6.01 Å². The van der Waals surface area contributed by atoms with E-state index in [1.807, 2.05) is 12.1 Å². The maximum atomic E-state index is 15.5. The molecule has 6 heterocycles. The number of rotatable bonds is 19. The van der Waals surface area contributed by atoms with E-state index in [9.17, 15) is 51.4 Å². The Morgan fingerprint density at radius 1 is 0.596 bits per heavy atom. The summed E-state index contributed by atoms with van der Waals surface area (Å²) in [7, 11) is -2.99. The van der Waals surface area contributed by atoms with E-state index in [1.54, 1.807) is 109 Å². The fourth-order valence-electron chi connectivity index (χ4n) is 9.08. The molecule has 10 N–H and O–H groups in total. The molecule has 3 fully saturated rings. The molecule has 10 rings (SSSR count). The molecule has 4 aromatic carbocycles. The Labute approximate surface area is 590 Å². The molecule has 3 unspecified atom stereocenters. The van der Waals surface area contributed by atoms with Crippen LogP contribution >= 0.6 is 0 Å². The van der Waals surface area contributed by atoms with Crippen molar-refractivity contribution in [2.75, 3.05) is 36.3 Å². The van der Waals surface area contributed by atoms with Crippen LogP contribution in [0.25, 0.3) is 0 Å². The predicted molar refractivity (Wildman–Crippen MR) is 361 cm³/mol. The third kappa shape index (κ3) is 23.2. The number of carbonyl (C=O) groups excluding carboxylic acids is 4. The van der Waals surface area contributed by atoms with E-state index in [-0.39, 0.29) is 30.8 Å². The van der Waals surface area contributed by atoms with Crippen LogP contribution in [-0.2, 0) is 33.2 Å². The van der Waals surface area contributed by atoms with E-state index in [0.29, 0.717) is 20.7 Å². The fourth-order valence-corrected chi connectivity index (χ4v) is 16.7. The Morgan fingerprint density at radius 2 is 1.00 bits per heavy atom. The minimum atomic E-state index is -3.83. The summed E-state index contributed by atoms with van der Waals surface area (Å²) >= 11 is -4.39. The number of anilines is 3. The number of aliphatic hydroxyl groups is 2. The number of carbonyl (C=O) groups is 4. The van der Waals surface area contributed by atoms with Gasteiger partial charge >= 0.3 is 400 Å². The molecule has 3 aromatic heterocycles. The van der Waals surface area contributed by atoms with Crippen LogP contribution in [0.15, 0.2) is 168 Å². The van der Waals surface area contributed by atoms with E-state index in [2.05, 4.69) is 64.2 Å². The molecule has 36 heteroatoms. The summed E-state index contributed by atoms with van der Waals surface area (Å²) in [6.45, 7) is 12.4. The van der Waals surface area contributed by atoms with Gasteiger partial charge in [-0.15, -0.1) is 0 Å². The molecule has 536 valence electrons. The molecule has 0 aliphatic carbocycles. The maximum absolute atomic E-state index is 15.5. The number of nitrogens with zero attached hydrogens (tertiary/aromatic N) is 6. The summed E-state index contributed by atoms with van der Waals surface area (Å²) in [5, 5.41) is 18.1. The van der Waals surface area contributed by atoms with Gasteiger partial charge in [-0.3, -0.25) is 4.57 Å². The topological polar surface area (TPSA) is 377 Å². The van der Waals surface area contributed by atoms with Crippen LogP contribution in [-0.4, -0.2) is 202 Å². The van der Waals surface area contributed by atoms with E-state index in [4.69, 9.17) is 54.2 Å². The van der Waals surface area contributed by atoms with Crippen molar-refractivity contribution in [2.24, 2.45) is 0 Å². The average Bonchev–Trinajstić information content (AvgIpc) is 1.63. The van der Waals surface area contributed by atoms with Crippen LogP contribution in [0.1, 0.15) is 47.5 Å². The Balaban J connectivity index is 0.000000248. The summed E-state index contributed by atoms with van der Waals surface area (Å²) in [6.07, 6.45) is -12.2. The van der Waals surface area contributed by atoms with Gasteiger partial charge in [-0.2, -0.15) is 18.7 Å². The van der Waals surface area contributed by atoms with Crippen molar-refractivity contribution < 1.29 is 93.3 Å². The summed E-state index contributed by atoms with van der Waals surface area (Å²) in [4.78, 5) is 91.5. The number of nitrogens with one attached hydrogen (secondary N) is 1. The van der Waals surface area contributed by atoms with Gasteiger partial charge in [0.05, 0.1) is 6.61 Å². The third-order valence-electron chi connectivity index (χ3n) is 13.6. The zero-order valence-corrected chi connectivity index (χ0v) is 63.5. The number of nitrogen functional groups attached to an aromatic ring is 2. The van der Waals surface area contributed by atoms with Crippen molar-refractivity contribution in [3.63, 3.8) is 0 Å². The zero-order valence-electron chi connectivity index (χ0n) is 53.8. The third-order valence-corrected chi connectivity index (χ3v) is 22.7. The van der Waals surface area contributed by atoms with Gasteiger partial charge in [0.15, 0.2) is 6.10 Å². The number of nitrogens with two attached hydrogens (primary N) is 2. The van der Waals surface area contributed by atoms with Gasteiger partial charge in [0.2, 0.25) is 14.5 Å². The van der Waals surface area contributed by atoms with Crippen LogP contribution in [0, 0.1) is 0 Å². The first-order valence-electron chi connectivity index (χ1n) is 29.5. The zero-order chi connectivity index (χ0) is 71.0.